The minimum Gasteiger partial charge on any atom is -0.480 e. The molecule has 74 valence electrons. The molecule has 0 aliphatic heterocycles. The summed E-state index contributed by atoms with van der Waals surface area (Å²) >= 11 is 0. The summed E-state index contributed by atoms with van der Waals surface area (Å²) in [4.78, 5) is 11.0. The molecule has 2 heteroatoms. The summed E-state index contributed by atoms with van der Waals surface area (Å²) in [5.41, 5.74) is -0.801. The van der Waals surface area contributed by atoms with Gasteiger partial charge in [-0.25, -0.2) is 0 Å². The number of hydrogen-bond acceptors (Lipinski definition) is 1. The minimum absolute atomic E-state index is 0.586. The molecule has 0 saturated heterocycles. The second-order valence-corrected chi connectivity index (χ2v) is 3.22. The zero-order chi connectivity index (χ0) is 10.3. The van der Waals surface area contributed by atoms with E-state index in [1.165, 1.54) is 0 Å². The lowest BCUT2D eigenvalue weighted by atomic mass is 9.81. The Balaban J connectivity index is 4.62. The SMILES string of the molecule is CC#CC(CC)(CCCC)C(=O)O. The molecule has 0 aliphatic carbocycles. The van der Waals surface area contributed by atoms with E-state index in [2.05, 4.69) is 18.8 Å². The average Bonchev–Trinajstić information content (AvgIpc) is 2.12. The summed E-state index contributed by atoms with van der Waals surface area (Å²) in [6, 6.07) is 0. The van der Waals surface area contributed by atoms with E-state index in [-0.39, 0.29) is 0 Å². The van der Waals surface area contributed by atoms with Crippen LogP contribution in [0, 0.1) is 17.3 Å². The van der Waals surface area contributed by atoms with Crippen molar-refractivity contribution in [2.75, 3.05) is 0 Å². The molecule has 0 rings (SSSR count). The fraction of sp³-hybridized carbons (Fsp3) is 0.727. The number of carboxylic acids is 1. The molecule has 0 spiro atoms. The topological polar surface area (TPSA) is 37.3 Å². The maximum absolute atomic E-state index is 11.0. The van der Waals surface area contributed by atoms with E-state index in [0.29, 0.717) is 12.8 Å². The molecule has 1 N–H and O–H groups in total. The Morgan fingerprint density at radius 3 is 2.38 bits per heavy atom. The Kier molecular flexibility index (Phi) is 5.22. The van der Waals surface area contributed by atoms with E-state index < -0.39 is 11.4 Å². The van der Waals surface area contributed by atoms with Crippen molar-refractivity contribution in [1.29, 1.82) is 0 Å². The molecule has 13 heavy (non-hydrogen) atoms. The second-order valence-electron chi connectivity index (χ2n) is 3.22. The molecule has 0 aromatic rings. The highest BCUT2D eigenvalue weighted by Crippen LogP contribution is 2.28. The minimum atomic E-state index is -0.801. The molecule has 0 aliphatic rings. The molecular weight excluding hydrogens is 164 g/mol. The first-order chi connectivity index (χ1) is 6.13. The van der Waals surface area contributed by atoms with Gasteiger partial charge < -0.3 is 5.11 Å². The van der Waals surface area contributed by atoms with Gasteiger partial charge in [-0.3, -0.25) is 4.79 Å². The third kappa shape index (κ3) is 3.10. The van der Waals surface area contributed by atoms with Crippen LogP contribution in [0.25, 0.3) is 0 Å². The fourth-order valence-electron chi connectivity index (χ4n) is 1.36. The Morgan fingerprint density at radius 2 is 2.08 bits per heavy atom. The Hall–Kier alpha value is -0.970. The van der Waals surface area contributed by atoms with Crippen LogP contribution < -0.4 is 0 Å². The fourth-order valence-corrected chi connectivity index (χ4v) is 1.36. The van der Waals surface area contributed by atoms with Crippen LogP contribution in [0.4, 0.5) is 0 Å². The first-order valence-electron chi connectivity index (χ1n) is 4.80. The zero-order valence-electron chi connectivity index (χ0n) is 8.68. The van der Waals surface area contributed by atoms with Gasteiger partial charge in [0.1, 0.15) is 5.41 Å². The van der Waals surface area contributed by atoms with E-state index >= 15 is 0 Å². The monoisotopic (exact) mass is 182 g/mol. The number of hydrogen-bond donors (Lipinski definition) is 1. The smallest absolute Gasteiger partial charge is 0.321 e. The molecule has 1 unspecified atom stereocenters. The number of unbranched alkanes of at least 4 members (excludes halogenated alkanes) is 1. The average molecular weight is 182 g/mol. The molecule has 0 saturated carbocycles. The van der Waals surface area contributed by atoms with Crippen molar-refractivity contribution in [3.8, 4) is 11.8 Å². The summed E-state index contributed by atoms with van der Waals surface area (Å²) in [7, 11) is 0. The molecular formula is C11H18O2. The maximum atomic E-state index is 11.0. The Bertz CT molecular complexity index is 222. The van der Waals surface area contributed by atoms with Crippen LogP contribution in [-0.4, -0.2) is 11.1 Å². The third-order valence-electron chi connectivity index (χ3n) is 2.33. The van der Waals surface area contributed by atoms with Gasteiger partial charge in [0.05, 0.1) is 0 Å². The summed E-state index contributed by atoms with van der Waals surface area (Å²) < 4.78 is 0. The molecule has 0 radical (unpaired) electrons. The maximum Gasteiger partial charge on any atom is 0.321 e. The Labute approximate surface area is 80.3 Å². The molecule has 0 fully saturated rings. The predicted octanol–water partition coefficient (Wildman–Crippen LogP) is 2.68. The van der Waals surface area contributed by atoms with Crippen molar-refractivity contribution in [2.24, 2.45) is 5.41 Å². The lowest BCUT2D eigenvalue weighted by Crippen LogP contribution is -2.28. The highest BCUT2D eigenvalue weighted by atomic mass is 16.4. The van der Waals surface area contributed by atoms with Gasteiger partial charge in [0.2, 0.25) is 0 Å². The third-order valence-corrected chi connectivity index (χ3v) is 2.33. The highest BCUT2D eigenvalue weighted by molar-refractivity contribution is 5.78. The van der Waals surface area contributed by atoms with Crippen LogP contribution in [0.5, 0.6) is 0 Å². The summed E-state index contributed by atoms with van der Waals surface area (Å²) in [5, 5.41) is 9.08. The van der Waals surface area contributed by atoms with E-state index in [0.717, 1.165) is 12.8 Å². The van der Waals surface area contributed by atoms with Crippen LogP contribution in [0.1, 0.15) is 46.5 Å². The summed E-state index contributed by atoms with van der Waals surface area (Å²) in [6.45, 7) is 5.63. The van der Waals surface area contributed by atoms with Gasteiger partial charge >= 0.3 is 5.97 Å². The molecule has 0 bridgehead atoms. The zero-order valence-corrected chi connectivity index (χ0v) is 8.68. The van der Waals surface area contributed by atoms with Crippen molar-refractivity contribution >= 4 is 5.97 Å². The van der Waals surface area contributed by atoms with Gasteiger partial charge in [-0.1, -0.05) is 32.6 Å². The van der Waals surface area contributed by atoms with Gasteiger partial charge in [-0.2, -0.15) is 0 Å². The van der Waals surface area contributed by atoms with Crippen molar-refractivity contribution in [3.63, 3.8) is 0 Å². The van der Waals surface area contributed by atoms with E-state index in [1.807, 2.05) is 6.92 Å². The number of carboxylic acid groups (broad SMARTS) is 1. The normalized spacial score (nSPS) is 14.1. The second kappa shape index (κ2) is 5.64. The van der Waals surface area contributed by atoms with Crippen LogP contribution in [-0.2, 0) is 4.79 Å². The molecule has 1 atom stereocenters. The van der Waals surface area contributed by atoms with Crippen molar-refractivity contribution in [1.82, 2.24) is 0 Å². The van der Waals surface area contributed by atoms with E-state index in [1.54, 1.807) is 6.92 Å². The van der Waals surface area contributed by atoms with Crippen LogP contribution in [0.15, 0.2) is 0 Å². The predicted molar refractivity (Wildman–Crippen MR) is 53.3 cm³/mol. The molecule has 0 aromatic carbocycles. The number of carbonyl (C=O) groups is 1. The molecule has 0 amide bonds. The number of rotatable bonds is 5. The largest absolute Gasteiger partial charge is 0.480 e. The van der Waals surface area contributed by atoms with Gasteiger partial charge in [-0.15, -0.1) is 5.92 Å². The summed E-state index contributed by atoms with van der Waals surface area (Å²) in [5.74, 6) is 4.77. The quantitative estimate of drug-likeness (QED) is 0.664. The van der Waals surface area contributed by atoms with Gasteiger partial charge in [0, 0.05) is 0 Å². The Morgan fingerprint density at radius 1 is 1.46 bits per heavy atom. The van der Waals surface area contributed by atoms with Gasteiger partial charge in [-0.05, 0) is 19.8 Å². The van der Waals surface area contributed by atoms with Crippen molar-refractivity contribution in [3.05, 3.63) is 0 Å². The lowest BCUT2D eigenvalue weighted by molar-refractivity contribution is -0.146. The highest BCUT2D eigenvalue weighted by Gasteiger charge is 2.33. The van der Waals surface area contributed by atoms with Crippen LogP contribution in [0.3, 0.4) is 0 Å². The first kappa shape index (κ1) is 12.0. The summed E-state index contributed by atoms with van der Waals surface area (Å²) in [6.07, 6.45) is 3.19. The number of aliphatic carboxylic acids is 1. The van der Waals surface area contributed by atoms with E-state index in [4.69, 9.17) is 5.11 Å². The molecule has 0 aromatic heterocycles. The van der Waals surface area contributed by atoms with Crippen LogP contribution in [0.2, 0.25) is 0 Å². The molecule has 0 heterocycles. The van der Waals surface area contributed by atoms with Crippen molar-refractivity contribution in [2.45, 2.75) is 46.5 Å². The van der Waals surface area contributed by atoms with Crippen LogP contribution >= 0.6 is 0 Å². The molecule has 2 nitrogen and oxygen atoms in total. The van der Waals surface area contributed by atoms with Crippen molar-refractivity contribution < 1.29 is 9.90 Å². The lowest BCUT2D eigenvalue weighted by Gasteiger charge is -2.21. The standard InChI is InChI=1S/C11H18O2/c1-4-7-9-11(6-3,8-5-2)10(12)13/h4,6-7,9H2,1-3H3,(H,12,13). The first-order valence-corrected chi connectivity index (χ1v) is 4.80. The van der Waals surface area contributed by atoms with Gasteiger partial charge in [0.15, 0.2) is 0 Å². The van der Waals surface area contributed by atoms with Gasteiger partial charge in [0.25, 0.3) is 0 Å². The van der Waals surface area contributed by atoms with E-state index in [9.17, 15) is 4.79 Å².